The Morgan fingerprint density at radius 1 is 1.42 bits per heavy atom. The van der Waals surface area contributed by atoms with Crippen molar-refractivity contribution in [3.63, 3.8) is 0 Å². The van der Waals surface area contributed by atoms with E-state index < -0.39 is 0 Å². The third-order valence-electron chi connectivity index (χ3n) is 3.76. The van der Waals surface area contributed by atoms with Crippen molar-refractivity contribution in [3.05, 3.63) is 28.2 Å². The van der Waals surface area contributed by atoms with E-state index in [1.165, 1.54) is 11.3 Å². The maximum Gasteiger partial charge on any atom is 0.0546 e. The summed E-state index contributed by atoms with van der Waals surface area (Å²) < 4.78 is 1.12. The van der Waals surface area contributed by atoms with Crippen molar-refractivity contribution < 1.29 is 5.11 Å². The van der Waals surface area contributed by atoms with Crippen LogP contribution in [0.5, 0.6) is 0 Å². The predicted molar refractivity (Wildman–Crippen MR) is 83.5 cm³/mol. The number of rotatable bonds is 6. The molecule has 1 aliphatic carbocycles. The van der Waals surface area contributed by atoms with Gasteiger partial charge in [0.05, 0.1) is 6.10 Å². The summed E-state index contributed by atoms with van der Waals surface area (Å²) in [7, 11) is 2.14. The Hall–Kier alpha value is -0.580. The fourth-order valence-electron chi connectivity index (χ4n) is 2.66. The number of hydrogen-bond acceptors (Lipinski definition) is 3. The third kappa shape index (κ3) is 3.94. The molecule has 0 bridgehead atoms. The summed E-state index contributed by atoms with van der Waals surface area (Å²) in [5, 5.41) is 12.8. The molecular formula is C15H23BrN2O. The number of benzene rings is 1. The molecule has 2 rings (SSSR count). The fraction of sp³-hybridized carbons (Fsp3) is 0.600. The van der Waals surface area contributed by atoms with Crippen LogP contribution in [0.3, 0.4) is 0 Å². The quantitative estimate of drug-likeness (QED) is 0.843. The highest BCUT2D eigenvalue weighted by atomic mass is 79.9. The van der Waals surface area contributed by atoms with Gasteiger partial charge in [-0.3, -0.25) is 0 Å². The molecular weight excluding hydrogens is 304 g/mol. The highest BCUT2D eigenvalue weighted by molar-refractivity contribution is 9.10. The Bertz CT molecular complexity index is 419. The average molecular weight is 327 g/mol. The summed E-state index contributed by atoms with van der Waals surface area (Å²) in [5.41, 5.74) is 2.60. The van der Waals surface area contributed by atoms with Crippen LogP contribution in [0.2, 0.25) is 0 Å². The zero-order valence-electron chi connectivity index (χ0n) is 11.7. The van der Waals surface area contributed by atoms with Gasteiger partial charge in [-0.2, -0.15) is 0 Å². The first-order valence-electron chi connectivity index (χ1n) is 6.98. The molecule has 1 aliphatic rings. The van der Waals surface area contributed by atoms with E-state index >= 15 is 0 Å². The average Bonchev–Trinajstić information content (AvgIpc) is 2.34. The molecule has 0 atom stereocenters. The molecule has 0 saturated heterocycles. The van der Waals surface area contributed by atoms with Crippen LogP contribution in [0, 0.1) is 5.92 Å². The SMILES string of the molecule is CCNCc1cc(Br)ccc1N(C)CC1CC(O)C1. The molecule has 0 spiro atoms. The molecule has 106 valence electrons. The predicted octanol–water partition coefficient (Wildman–Crippen LogP) is 2.77. The van der Waals surface area contributed by atoms with Gasteiger partial charge in [0.2, 0.25) is 0 Å². The second-order valence-corrected chi connectivity index (χ2v) is 6.34. The Labute approximate surface area is 124 Å². The van der Waals surface area contributed by atoms with Gasteiger partial charge in [-0.1, -0.05) is 22.9 Å². The Morgan fingerprint density at radius 2 is 2.16 bits per heavy atom. The smallest absolute Gasteiger partial charge is 0.0546 e. The standard InChI is InChI=1S/C15H23BrN2O/c1-3-17-9-12-8-13(16)4-5-15(12)18(2)10-11-6-14(19)7-11/h4-5,8,11,14,17,19H,3,6-7,9-10H2,1-2H3. The van der Waals surface area contributed by atoms with Gasteiger partial charge in [-0.25, -0.2) is 0 Å². The molecule has 0 heterocycles. The van der Waals surface area contributed by atoms with Crippen molar-refractivity contribution in [2.45, 2.75) is 32.4 Å². The van der Waals surface area contributed by atoms with Gasteiger partial charge in [0.25, 0.3) is 0 Å². The number of aliphatic hydroxyl groups is 1. The minimum absolute atomic E-state index is 0.0652. The Balaban J connectivity index is 2.04. The lowest BCUT2D eigenvalue weighted by molar-refractivity contribution is 0.0464. The lowest BCUT2D eigenvalue weighted by Gasteiger charge is -2.35. The van der Waals surface area contributed by atoms with E-state index in [0.29, 0.717) is 5.92 Å². The van der Waals surface area contributed by atoms with E-state index in [2.05, 4.69) is 58.3 Å². The molecule has 1 aromatic rings. The van der Waals surface area contributed by atoms with Crippen LogP contribution in [-0.4, -0.2) is 31.3 Å². The highest BCUT2D eigenvalue weighted by Crippen LogP contribution is 2.31. The molecule has 3 nitrogen and oxygen atoms in total. The van der Waals surface area contributed by atoms with Gasteiger partial charge in [0, 0.05) is 30.3 Å². The first-order chi connectivity index (χ1) is 9.10. The Kier molecular flexibility index (Phi) is 5.25. The summed E-state index contributed by atoms with van der Waals surface area (Å²) in [6.45, 7) is 5.02. The van der Waals surface area contributed by atoms with Gasteiger partial charge in [-0.15, -0.1) is 0 Å². The van der Waals surface area contributed by atoms with Crippen molar-refractivity contribution in [1.82, 2.24) is 5.32 Å². The van der Waals surface area contributed by atoms with Crippen LogP contribution in [0.4, 0.5) is 5.69 Å². The molecule has 0 aliphatic heterocycles. The number of nitrogens with one attached hydrogen (secondary N) is 1. The molecule has 1 saturated carbocycles. The minimum Gasteiger partial charge on any atom is -0.393 e. The lowest BCUT2D eigenvalue weighted by atomic mass is 9.82. The molecule has 0 radical (unpaired) electrons. The minimum atomic E-state index is -0.0652. The second kappa shape index (κ2) is 6.73. The summed E-state index contributed by atoms with van der Waals surface area (Å²) in [6.07, 6.45) is 1.83. The first-order valence-corrected chi connectivity index (χ1v) is 7.77. The zero-order chi connectivity index (χ0) is 13.8. The lowest BCUT2D eigenvalue weighted by Crippen LogP contribution is -2.37. The van der Waals surface area contributed by atoms with Gasteiger partial charge in [0.15, 0.2) is 0 Å². The molecule has 1 aromatic carbocycles. The van der Waals surface area contributed by atoms with Crippen molar-refractivity contribution >= 4 is 21.6 Å². The van der Waals surface area contributed by atoms with Gasteiger partial charge >= 0.3 is 0 Å². The Morgan fingerprint density at radius 3 is 2.79 bits per heavy atom. The molecule has 1 fully saturated rings. The number of anilines is 1. The maximum absolute atomic E-state index is 9.37. The van der Waals surface area contributed by atoms with E-state index in [-0.39, 0.29) is 6.10 Å². The maximum atomic E-state index is 9.37. The topological polar surface area (TPSA) is 35.5 Å². The summed E-state index contributed by atoms with van der Waals surface area (Å²) >= 11 is 3.54. The van der Waals surface area contributed by atoms with Crippen molar-refractivity contribution in [2.75, 3.05) is 25.0 Å². The number of aliphatic hydroxyl groups excluding tert-OH is 1. The number of halogens is 1. The van der Waals surface area contributed by atoms with Gasteiger partial charge < -0.3 is 15.3 Å². The number of hydrogen-bond donors (Lipinski definition) is 2. The summed E-state index contributed by atoms with van der Waals surface area (Å²) in [5.74, 6) is 0.635. The highest BCUT2D eigenvalue weighted by Gasteiger charge is 2.28. The van der Waals surface area contributed by atoms with E-state index in [1.54, 1.807) is 0 Å². The van der Waals surface area contributed by atoms with Crippen molar-refractivity contribution in [3.8, 4) is 0 Å². The van der Waals surface area contributed by atoms with Crippen LogP contribution in [-0.2, 0) is 6.54 Å². The van der Waals surface area contributed by atoms with E-state index in [0.717, 1.165) is 36.9 Å². The fourth-order valence-corrected chi connectivity index (χ4v) is 3.07. The molecule has 19 heavy (non-hydrogen) atoms. The molecule has 0 amide bonds. The largest absolute Gasteiger partial charge is 0.393 e. The van der Waals surface area contributed by atoms with Gasteiger partial charge in [0.1, 0.15) is 0 Å². The summed E-state index contributed by atoms with van der Waals surface area (Å²) in [6, 6.07) is 6.45. The molecule has 0 aromatic heterocycles. The van der Waals surface area contributed by atoms with E-state index in [9.17, 15) is 5.11 Å². The van der Waals surface area contributed by atoms with Crippen LogP contribution < -0.4 is 10.2 Å². The third-order valence-corrected chi connectivity index (χ3v) is 4.25. The van der Waals surface area contributed by atoms with E-state index in [4.69, 9.17) is 0 Å². The second-order valence-electron chi connectivity index (χ2n) is 5.43. The van der Waals surface area contributed by atoms with Crippen LogP contribution in [0.15, 0.2) is 22.7 Å². The van der Waals surface area contributed by atoms with Crippen LogP contribution in [0.1, 0.15) is 25.3 Å². The monoisotopic (exact) mass is 326 g/mol. The zero-order valence-corrected chi connectivity index (χ0v) is 13.3. The van der Waals surface area contributed by atoms with Crippen LogP contribution in [0.25, 0.3) is 0 Å². The van der Waals surface area contributed by atoms with Crippen molar-refractivity contribution in [1.29, 1.82) is 0 Å². The first kappa shape index (κ1) is 14.8. The molecule has 0 unspecified atom stereocenters. The molecule has 2 N–H and O–H groups in total. The van der Waals surface area contributed by atoms with Crippen molar-refractivity contribution in [2.24, 2.45) is 5.92 Å². The summed E-state index contributed by atoms with van der Waals surface area (Å²) in [4.78, 5) is 2.32. The normalized spacial score (nSPS) is 22.1. The molecule has 4 heteroatoms. The van der Waals surface area contributed by atoms with Crippen LogP contribution >= 0.6 is 15.9 Å². The van der Waals surface area contributed by atoms with E-state index in [1.807, 2.05) is 0 Å². The number of nitrogens with zero attached hydrogens (tertiary/aromatic N) is 1. The van der Waals surface area contributed by atoms with Gasteiger partial charge in [-0.05, 0) is 49.1 Å².